The summed E-state index contributed by atoms with van der Waals surface area (Å²) in [6.45, 7) is 0. The van der Waals surface area contributed by atoms with Crippen LogP contribution in [-0.4, -0.2) is 0 Å². The largest absolute Gasteiger partial charge is 0.456 e. The topological polar surface area (TPSA) is 13.1 Å². The molecule has 49 heavy (non-hydrogen) atoms. The van der Waals surface area contributed by atoms with Crippen LogP contribution in [0, 0.1) is 0 Å². The third-order valence-corrected chi connectivity index (χ3v) is 8.98. The van der Waals surface area contributed by atoms with Crippen molar-refractivity contribution in [2.24, 2.45) is 0 Å². The number of furan rings is 1. The Bertz CT molecular complexity index is 3590. The van der Waals surface area contributed by atoms with Gasteiger partial charge in [-0.25, -0.2) is 0 Å². The van der Waals surface area contributed by atoms with E-state index in [1.54, 1.807) is 0 Å². The fourth-order valence-corrected chi connectivity index (χ4v) is 6.85. The normalized spacial score (nSPS) is 15.7. The quantitative estimate of drug-likeness (QED) is 0.175. The average molecular weight is 637 g/mol. The van der Waals surface area contributed by atoms with E-state index in [4.69, 9.17) is 18.1 Å². The lowest BCUT2D eigenvalue weighted by Gasteiger charge is -2.19. The van der Waals surface area contributed by atoms with E-state index in [1.165, 1.54) is 0 Å². The van der Waals surface area contributed by atoms with Gasteiger partial charge in [0.1, 0.15) is 11.2 Å². The first kappa shape index (κ1) is 17.1. The Morgan fingerprint density at radius 2 is 0.959 bits per heavy atom. The van der Waals surface area contributed by atoms with Crippen molar-refractivity contribution in [3.05, 3.63) is 182 Å². The van der Waals surface area contributed by atoms with Gasteiger partial charge in [-0.2, -0.15) is 0 Å². The molecular weight excluding hydrogens is 593 g/mol. The van der Waals surface area contributed by atoms with Crippen molar-refractivity contribution < 1.29 is 23.6 Å². The highest BCUT2D eigenvalue weighted by Crippen LogP contribution is 2.46. The molecule has 0 saturated heterocycles. The van der Waals surface area contributed by atoms with Crippen molar-refractivity contribution >= 4 is 54.3 Å². The van der Waals surface area contributed by atoms with E-state index >= 15 is 0 Å². The van der Waals surface area contributed by atoms with Crippen LogP contribution in [0.2, 0.25) is 0 Å². The van der Waals surface area contributed by atoms with Crippen LogP contribution < -0.4 is 0 Å². The lowest BCUT2D eigenvalue weighted by molar-refractivity contribution is 0.669. The molecule has 0 aliphatic carbocycles. The molecule has 228 valence electrons. The Morgan fingerprint density at radius 1 is 0.367 bits per heavy atom. The fraction of sp³-hybridized carbons (Fsp3) is 0. The third-order valence-electron chi connectivity index (χ3n) is 8.98. The molecule has 0 saturated carbocycles. The molecule has 1 heteroatoms. The highest BCUT2D eigenvalue weighted by atomic mass is 16.3. The molecule has 1 nitrogen and oxygen atoms in total. The van der Waals surface area contributed by atoms with Gasteiger partial charge < -0.3 is 4.42 Å². The lowest BCUT2D eigenvalue weighted by atomic mass is 9.84. The van der Waals surface area contributed by atoms with Crippen molar-refractivity contribution in [3.8, 4) is 44.5 Å². The zero-order valence-electron chi connectivity index (χ0n) is 39.6. The van der Waals surface area contributed by atoms with Gasteiger partial charge in [0.2, 0.25) is 0 Å². The van der Waals surface area contributed by atoms with Gasteiger partial charge in [-0.3, -0.25) is 0 Å². The summed E-state index contributed by atoms with van der Waals surface area (Å²) >= 11 is 0. The summed E-state index contributed by atoms with van der Waals surface area (Å²) in [6.07, 6.45) is 0. The Kier molecular flexibility index (Phi) is 3.87. The van der Waals surface area contributed by atoms with Gasteiger partial charge in [-0.05, 0) is 107 Å². The summed E-state index contributed by atoms with van der Waals surface area (Å²) < 4.78 is 130. The van der Waals surface area contributed by atoms with Crippen LogP contribution in [0.5, 0.6) is 0 Å². The van der Waals surface area contributed by atoms with Crippen LogP contribution >= 0.6 is 0 Å². The van der Waals surface area contributed by atoms with Gasteiger partial charge in [0, 0.05) is 10.8 Å². The fourth-order valence-electron chi connectivity index (χ4n) is 6.85. The second-order valence-electron chi connectivity index (χ2n) is 11.7. The second kappa shape index (κ2) is 11.1. The molecule has 0 aliphatic heterocycles. The first-order valence-electron chi connectivity index (χ1n) is 22.7. The molecule has 0 bridgehead atoms. The summed E-state index contributed by atoms with van der Waals surface area (Å²) in [7, 11) is 0. The van der Waals surface area contributed by atoms with E-state index in [2.05, 4.69) is 0 Å². The Balaban J connectivity index is 1.32. The van der Waals surface area contributed by atoms with Crippen LogP contribution in [-0.2, 0) is 0 Å². The number of benzene rings is 9. The van der Waals surface area contributed by atoms with Crippen LogP contribution in [0.3, 0.4) is 0 Å². The SMILES string of the molecule is [2H]c1c([2H])c([2H])c(-c2cc(-c3c4ccccc4c(-c4c([2H])c([2H])c5oc6c([2H])c7c([2H])c([2H])c([2H])c([2H])c7c([2H])c6c5c4[2H])c4ccccc34)ccc2-c2ccccc2)c([2H])c1[2H]. The molecule has 9 aromatic carbocycles. The minimum atomic E-state index is -0.581. The molecule has 1 aromatic heterocycles. The van der Waals surface area contributed by atoms with Crippen LogP contribution in [0.1, 0.15) is 19.2 Å². The zero-order chi connectivity index (χ0) is 44.5. The van der Waals surface area contributed by atoms with E-state index in [9.17, 15) is 5.48 Å². The zero-order valence-corrected chi connectivity index (χ0v) is 25.6. The Morgan fingerprint density at radius 3 is 1.65 bits per heavy atom. The molecule has 0 amide bonds. The second-order valence-corrected chi connectivity index (χ2v) is 11.7. The summed E-state index contributed by atoms with van der Waals surface area (Å²) in [5.41, 5.74) is 3.31. The van der Waals surface area contributed by atoms with Gasteiger partial charge in [-0.15, -0.1) is 0 Å². The molecule has 0 aliphatic rings. The molecule has 1 heterocycles. The molecule has 0 spiro atoms. The highest BCUT2D eigenvalue weighted by Gasteiger charge is 2.19. The van der Waals surface area contributed by atoms with Gasteiger partial charge >= 0.3 is 0 Å². The number of fused-ring (bicyclic) bond motifs is 6. The van der Waals surface area contributed by atoms with Gasteiger partial charge in [-0.1, -0.05) is 151 Å². The molecule has 0 unspecified atom stereocenters. The smallest absolute Gasteiger partial charge is 0.136 e. The van der Waals surface area contributed by atoms with Crippen molar-refractivity contribution in [2.75, 3.05) is 0 Å². The molecule has 10 aromatic rings. The van der Waals surface area contributed by atoms with Gasteiger partial charge in [0.25, 0.3) is 0 Å². The van der Waals surface area contributed by atoms with E-state index in [1.807, 2.05) is 97.1 Å². The monoisotopic (exact) mass is 636 g/mol. The molecule has 10 rings (SSSR count). The van der Waals surface area contributed by atoms with Gasteiger partial charge in [0.05, 0.1) is 19.2 Å². The first-order chi connectivity index (χ1) is 30.1. The molecule has 0 N–H and O–H groups in total. The highest BCUT2D eigenvalue weighted by molar-refractivity contribution is 6.22. The summed E-state index contributed by atoms with van der Waals surface area (Å²) in [5.74, 6) is 0. The minimum Gasteiger partial charge on any atom is -0.456 e. The predicted molar refractivity (Wildman–Crippen MR) is 208 cm³/mol. The van der Waals surface area contributed by atoms with E-state index in [-0.39, 0.29) is 68.0 Å². The maximum atomic E-state index is 9.81. The lowest BCUT2D eigenvalue weighted by Crippen LogP contribution is -1.92. The number of hydrogen-bond donors (Lipinski definition) is 0. The Labute approximate surface area is 304 Å². The predicted octanol–water partition coefficient (Wildman–Crippen LogP) is 13.7. The van der Waals surface area contributed by atoms with Crippen LogP contribution in [0.4, 0.5) is 0 Å². The third kappa shape index (κ3) is 4.47. The van der Waals surface area contributed by atoms with Crippen molar-refractivity contribution in [1.29, 1.82) is 0 Å². The van der Waals surface area contributed by atoms with Crippen molar-refractivity contribution in [1.82, 2.24) is 0 Å². The maximum Gasteiger partial charge on any atom is 0.136 e. The van der Waals surface area contributed by atoms with E-state index < -0.39 is 60.4 Å². The first-order valence-corrected chi connectivity index (χ1v) is 15.7. The summed E-state index contributed by atoms with van der Waals surface area (Å²) in [5, 5.41) is 2.02. The molecule has 0 fully saturated rings. The van der Waals surface area contributed by atoms with E-state index in [0.717, 1.165) is 11.1 Å². The summed E-state index contributed by atoms with van der Waals surface area (Å²) in [4.78, 5) is 0. The molecular formula is C48H30O. The number of rotatable bonds is 4. The molecule has 0 atom stereocenters. The molecule has 0 radical (unpaired) electrons. The standard InChI is InChI=1S/C48H30O/c1-3-13-31(14-4-1)37-25-23-35(28-42(37)32-15-5-2-6-16-32)47-38-19-9-11-21-40(38)48(41-22-12-10-20-39(41)47)36-24-26-45-43(29-36)44-27-33-17-7-8-18-34(33)30-46(44)49-45/h1-30H/i2D,5D,6D,7D,8D,15D,16D,17D,18D,24D,26D,27D,29D,30D. The van der Waals surface area contributed by atoms with Crippen LogP contribution in [0.15, 0.2) is 186 Å². The van der Waals surface area contributed by atoms with Crippen molar-refractivity contribution in [2.45, 2.75) is 0 Å². The van der Waals surface area contributed by atoms with E-state index in [0.29, 0.717) is 43.8 Å². The van der Waals surface area contributed by atoms with Crippen LogP contribution in [0.25, 0.3) is 98.8 Å². The average Bonchev–Trinajstić information content (AvgIpc) is 3.71. The maximum absolute atomic E-state index is 9.81. The minimum absolute atomic E-state index is 0.0363. The van der Waals surface area contributed by atoms with Gasteiger partial charge in [0.15, 0.2) is 0 Å². The number of hydrogen-bond acceptors (Lipinski definition) is 1. The summed E-state index contributed by atoms with van der Waals surface area (Å²) in [6, 6.07) is 23.6. The Hall–Kier alpha value is -6.44. The van der Waals surface area contributed by atoms with Crippen molar-refractivity contribution in [3.63, 3.8) is 0 Å².